The van der Waals surface area contributed by atoms with Gasteiger partial charge in [0.1, 0.15) is 16.7 Å². The lowest BCUT2D eigenvalue weighted by Crippen LogP contribution is -2.17. The van der Waals surface area contributed by atoms with Crippen LogP contribution in [0.15, 0.2) is 82.2 Å². The fourth-order valence-corrected chi connectivity index (χ4v) is 9.74. The van der Waals surface area contributed by atoms with Crippen LogP contribution in [-0.2, 0) is 74.6 Å². The van der Waals surface area contributed by atoms with Crippen LogP contribution in [0.25, 0.3) is 32.9 Å². The van der Waals surface area contributed by atoms with E-state index in [1.807, 2.05) is 6.92 Å². The molecule has 0 bridgehead atoms. The number of anilines is 8. The molecule has 0 fully saturated rings. The maximum Gasteiger partial charge on any atom is 0.425 e. The van der Waals surface area contributed by atoms with E-state index >= 15 is 0 Å². The molecule has 0 atom stereocenters. The summed E-state index contributed by atoms with van der Waals surface area (Å²) in [5.74, 6) is -4.32. The summed E-state index contributed by atoms with van der Waals surface area (Å²) in [4.78, 5) is 103. The summed E-state index contributed by atoms with van der Waals surface area (Å²) in [5.41, 5.74) is 12.5. The number of carboxylic acids is 3. The van der Waals surface area contributed by atoms with E-state index in [0.717, 1.165) is 0 Å². The lowest BCUT2D eigenvalue weighted by molar-refractivity contribution is -0.137. The van der Waals surface area contributed by atoms with E-state index in [1.165, 1.54) is 6.07 Å². The number of rotatable bonds is 22. The number of carbonyl (C=O) groups is 3. The Morgan fingerprint density at radius 3 is 1.10 bits per heavy atom. The quantitative estimate of drug-likeness (QED) is 0.0259. The molecule has 0 unspecified atom stereocenters. The van der Waals surface area contributed by atoms with Gasteiger partial charge in [-0.15, -0.1) is 12.6 Å². The highest BCUT2D eigenvalue weighted by Gasteiger charge is 2.19. The summed E-state index contributed by atoms with van der Waals surface area (Å²) in [6.45, 7) is 7.06. The largest absolute Gasteiger partial charge is 0.481 e. The number of benzene rings is 3. The zero-order valence-electron chi connectivity index (χ0n) is 52.1. The van der Waals surface area contributed by atoms with Gasteiger partial charge in [0.25, 0.3) is 30.4 Å². The minimum absolute atomic E-state index is 0.000000000000000444. The number of hydrogen-bond donors (Lipinski definition) is 13. The number of aryl methyl sites for hydroxylation is 3. The number of carboxylic acid groups (broad SMARTS) is 3. The van der Waals surface area contributed by atoms with Gasteiger partial charge >= 0.3 is 45.4 Å². The molecule has 0 spiro atoms. The molecule has 0 aliphatic carbocycles. The van der Waals surface area contributed by atoms with Crippen molar-refractivity contribution in [3.05, 3.63) is 140 Å². The summed E-state index contributed by atoms with van der Waals surface area (Å²) >= 11 is 21.8. The third kappa shape index (κ3) is 29.4. The Hall–Kier alpha value is -10.00. The van der Waals surface area contributed by atoms with Gasteiger partial charge in [0.15, 0.2) is 0 Å². The van der Waals surface area contributed by atoms with E-state index < -0.39 is 100 Å². The lowest BCUT2D eigenvalue weighted by atomic mass is 10.0. The topological polar surface area (TPSA) is 645 Å². The Morgan fingerprint density at radius 1 is 0.475 bits per heavy atom. The molecule has 0 radical (unpaired) electrons. The number of nitrogen functional groups attached to an aromatic ring is 1. The van der Waals surface area contributed by atoms with Crippen LogP contribution in [0.4, 0.5) is 46.8 Å². The molecule has 15 N–H and O–H groups in total. The molecular weight excluding hydrogens is 1510 g/mol. The van der Waals surface area contributed by atoms with E-state index in [2.05, 4.69) is 71.4 Å². The third-order valence-corrected chi connectivity index (χ3v) is 15.0. The van der Waals surface area contributed by atoms with Gasteiger partial charge < -0.3 is 66.6 Å². The zero-order chi connectivity index (χ0) is 75.9. The van der Waals surface area contributed by atoms with Crippen molar-refractivity contribution in [2.75, 3.05) is 75.8 Å². The summed E-state index contributed by atoms with van der Waals surface area (Å²) in [6, 6.07) is 14.7. The van der Waals surface area contributed by atoms with Crippen molar-refractivity contribution in [1.29, 1.82) is 0 Å². The summed E-state index contributed by atoms with van der Waals surface area (Å²) < 4.78 is 129. The van der Waals surface area contributed by atoms with E-state index in [1.54, 1.807) is 69.3 Å². The minimum atomic E-state index is -4.15. The van der Waals surface area contributed by atoms with Crippen LogP contribution in [0, 0.1) is 20.8 Å². The Labute approximate surface area is 589 Å². The molecule has 40 nitrogen and oxygen atoms in total. The van der Waals surface area contributed by atoms with Gasteiger partial charge in [-0.1, -0.05) is 0 Å². The number of nitrogens with one attached hydrogen (secondary N) is 5. The number of aromatic nitrogens is 9. The van der Waals surface area contributed by atoms with Crippen LogP contribution in [0.5, 0.6) is 0 Å². The molecule has 6 aromatic heterocycles. The summed E-state index contributed by atoms with van der Waals surface area (Å²) in [5, 5.41) is 42.5. The van der Waals surface area contributed by atoms with E-state index in [9.17, 15) is 54.0 Å². The fraction of sp³-hybridized carbons (Fsp3) is 0.264. The molecule has 0 amide bonds. The molecule has 0 saturated heterocycles. The lowest BCUT2D eigenvalue weighted by Gasteiger charge is -2.11. The Balaban J connectivity index is 0.000000290. The summed E-state index contributed by atoms with van der Waals surface area (Å²) in [6.07, 6.45) is -1.22. The second kappa shape index (κ2) is 38.0. The van der Waals surface area contributed by atoms with Crippen molar-refractivity contribution in [2.45, 2.75) is 47.0 Å². The molecule has 0 aliphatic rings. The Bertz CT molecular complexity index is 5170. The summed E-state index contributed by atoms with van der Waals surface area (Å²) in [7, 11) is -15.2. The average molecular weight is 1570 g/mol. The highest BCUT2D eigenvalue weighted by atomic mass is 35.5. The number of aliphatic carboxylic acids is 3. The van der Waals surface area contributed by atoms with Gasteiger partial charge in [-0.25, -0.2) is 14.4 Å². The first-order chi connectivity index (χ1) is 47.0. The van der Waals surface area contributed by atoms with Crippen molar-refractivity contribution < 1.29 is 94.5 Å². The Kier molecular flexibility index (Phi) is 31.4. The van der Waals surface area contributed by atoms with E-state index in [4.69, 9.17) is 113 Å². The first-order valence-electron chi connectivity index (χ1n) is 27.6. The number of nitrogens with two attached hydrogens (primary N) is 2. The highest BCUT2D eigenvalue weighted by Crippen LogP contribution is 2.28. The molecule has 544 valence electrons. The van der Waals surface area contributed by atoms with Gasteiger partial charge in [0.2, 0.25) is 50.9 Å². The third-order valence-electron chi connectivity index (χ3n) is 12.2. The maximum absolute atomic E-state index is 12.2. The van der Waals surface area contributed by atoms with Crippen LogP contribution in [-0.4, -0.2) is 173 Å². The molecule has 9 aromatic rings. The van der Waals surface area contributed by atoms with Crippen molar-refractivity contribution in [2.24, 2.45) is 5.73 Å². The average Bonchev–Trinajstić information content (AvgIpc) is 0.800. The van der Waals surface area contributed by atoms with Gasteiger partial charge in [-0.3, -0.25) is 28.0 Å². The molecule has 101 heavy (non-hydrogen) atoms. The first-order valence-corrected chi connectivity index (χ1v) is 35.0. The molecule has 3 aromatic carbocycles. The van der Waals surface area contributed by atoms with E-state index in [0.29, 0.717) is 62.0 Å². The Morgan fingerprint density at radius 2 is 0.772 bits per heavy atom. The van der Waals surface area contributed by atoms with Crippen LogP contribution < -0.4 is 54.9 Å². The molecule has 6 heterocycles. The van der Waals surface area contributed by atoms with Crippen molar-refractivity contribution in [3.8, 4) is 0 Å². The van der Waals surface area contributed by atoms with Gasteiger partial charge in [0, 0.05) is 77.6 Å². The van der Waals surface area contributed by atoms with Crippen molar-refractivity contribution >= 4 is 185 Å². The minimum Gasteiger partial charge on any atom is -0.481 e. The first kappa shape index (κ1) is 83.4. The van der Waals surface area contributed by atoms with Crippen molar-refractivity contribution in [1.82, 2.24) is 44.9 Å². The van der Waals surface area contributed by atoms with Crippen LogP contribution in [0.3, 0.4) is 0 Å². The monoisotopic (exact) mass is 1570 g/mol. The zero-order valence-corrected chi connectivity index (χ0v) is 58.4. The second-order valence-electron chi connectivity index (χ2n) is 19.6. The maximum atomic E-state index is 12.2. The van der Waals surface area contributed by atoms with Gasteiger partial charge in [-0.05, 0) is 127 Å². The van der Waals surface area contributed by atoms with E-state index in [-0.39, 0.29) is 111 Å². The predicted molar refractivity (Wildman–Crippen MR) is 365 cm³/mol. The van der Waals surface area contributed by atoms with Crippen LogP contribution >= 0.6 is 46.4 Å². The van der Waals surface area contributed by atoms with Gasteiger partial charge in [0.05, 0.1) is 53.2 Å². The molecule has 0 aliphatic heterocycles. The standard InChI is InChI=1S/C19H22N6O7S.C17H16ClN5O7S.C12H11NO4.C3Cl3N3.C2H7NO3S.O3S/c1-3-20-17-23-18(21-6-7-33(29,30)31)25-19(24-17)22-11-4-5-12-10(2)13(9-15(26)27)16(28)32-14(12)8-11;1-8-10-3-2-9(6-12(10)30-14(26)11(8)7-13(24)25)20-17-22-15(18)21-16(23-17)19-4-5-31(27,28)29;1-6-8-3-2-7(13)4-10(8)17-12(16)9(6)5-11(14)15;4-1-7-2(5)9-3(6)8-1;3-1-2-7(4,5)6;1-4(2)3/h4-5,8H,3,6-7,9H2,1-2H3,(H,26,27)(H,29,30,31)(H3,20,21,22,23,24,25);2-3,6H,4-5,7H2,1H3,(H,24,25)(H,27,28,29)(H2,19,20,21,22,23);2-4H,5,13H2,1H3,(H,14,15);;1-3H2,(H,4,5,6);. The number of fused-ring (bicyclic) bond motifs is 3. The number of halogens is 4. The number of nitrogens with zero attached hydrogens (tertiary/aromatic N) is 9. The van der Waals surface area contributed by atoms with Crippen LogP contribution in [0.2, 0.25) is 21.1 Å². The second-order valence-corrected chi connectivity index (χ2v) is 26.0. The van der Waals surface area contributed by atoms with Crippen molar-refractivity contribution in [3.63, 3.8) is 0 Å². The smallest absolute Gasteiger partial charge is 0.425 e. The molecule has 9 rings (SSSR count). The number of hydrogen-bond acceptors (Lipinski definition) is 34. The van der Waals surface area contributed by atoms with Gasteiger partial charge in [-0.2, -0.15) is 70.1 Å². The highest BCUT2D eigenvalue weighted by molar-refractivity contribution is 7.86. The fourth-order valence-electron chi connectivity index (χ4n) is 7.95. The van der Waals surface area contributed by atoms with Crippen LogP contribution in [0.1, 0.15) is 40.3 Å². The predicted octanol–water partition coefficient (Wildman–Crippen LogP) is 3.97. The SMILES string of the molecule is CCNc1nc(NCCS(=O)(=O)O)nc(Nc2ccc3c(C)c(CC(=O)O)c(=O)oc3c2)n1.Cc1c(CC(=O)O)c(=O)oc2cc(N)ccc12.Cc1c(CC(=O)O)c(=O)oc2cc(Nc3nc(Cl)nc(NCCS(=O)(=O)O)n3)ccc12.Clc1nc(Cl)nc(Cl)n1.NCCS(=O)(=O)O.O=S(=O)=O. The molecule has 48 heteroatoms. The normalized spacial score (nSPS) is 10.9. The molecular formula is C53H56Cl4N16O24S4. The molecule has 0 saturated carbocycles.